The Morgan fingerprint density at radius 1 is 0.920 bits per heavy atom. The molecule has 3 heterocycles. The van der Waals surface area contributed by atoms with Crippen molar-refractivity contribution in [3.05, 3.63) is 90.0 Å². The van der Waals surface area contributed by atoms with Crippen molar-refractivity contribution < 1.29 is 28.9 Å². The van der Waals surface area contributed by atoms with Gasteiger partial charge in [-0.15, -0.1) is 0 Å². The Kier molecular flexibility index (Phi) is 13.7. The number of amides is 1. The number of nitrogens with zero attached hydrogens (tertiary/aromatic N) is 3. The third-order valence-corrected chi connectivity index (χ3v) is 8.55. The Labute approximate surface area is 292 Å². The van der Waals surface area contributed by atoms with E-state index in [1.165, 1.54) is 0 Å². The van der Waals surface area contributed by atoms with Gasteiger partial charge in [-0.3, -0.25) is 14.9 Å². The van der Waals surface area contributed by atoms with Crippen molar-refractivity contribution in [3.63, 3.8) is 0 Å². The Morgan fingerprint density at radius 2 is 1.68 bits per heavy atom. The number of aromatic nitrogens is 4. The van der Waals surface area contributed by atoms with Crippen LogP contribution in [0.5, 0.6) is 5.75 Å². The summed E-state index contributed by atoms with van der Waals surface area (Å²) in [6, 6.07) is 18.9. The minimum atomic E-state index is -0.963. The zero-order valence-corrected chi connectivity index (χ0v) is 28.5. The highest BCUT2D eigenvalue weighted by atomic mass is 16.5. The van der Waals surface area contributed by atoms with Gasteiger partial charge in [-0.05, 0) is 107 Å². The number of aromatic amines is 1. The molecule has 13 heteroatoms. The highest BCUT2D eigenvalue weighted by molar-refractivity contribution is 5.95. The Bertz CT molecular complexity index is 1640. The van der Waals surface area contributed by atoms with Crippen LogP contribution >= 0.6 is 0 Å². The van der Waals surface area contributed by atoms with Crippen molar-refractivity contribution in [1.29, 1.82) is 0 Å². The zero-order valence-electron chi connectivity index (χ0n) is 28.5. The minimum Gasteiger partial charge on any atom is -0.494 e. The maximum absolute atomic E-state index is 13.4. The smallest absolute Gasteiger partial charge is 0.329 e. The van der Waals surface area contributed by atoms with Gasteiger partial charge in [-0.2, -0.15) is 5.10 Å². The molecule has 2 aromatic carbocycles. The second kappa shape index (κ2) is 18.8. The largest absolute Gasteiger partial charge is 0.494 e. The lowest BCUT2D eigenvalue weighted by molar-refractivity contribution is -0.142. The number of hydrogen-bond donors (Lipinski definition) is 5. The predicted molar refractivity (Wildman–Crippen MR) is 189 cm³/mol. The first kappa shape index (κ1) is 36.4. The molecule has 1 aliphatic rings. The summed E-state index contributed by atoms with van der Waals surface area (Å²) in [5.41, 5.74) is 2.77. The van der Waals surface area contributed by atoms with Crippen molar-refractivity contribution in [1.82, 2.24) is 30.8 Å². The summed E-state index contributed by atoms with van der Waals surface area (Å²) in [6.07, 6.45) is 8.51. The van der Waals surface area contributed by atoms with Gasteiger partial charge in [0, 0.05) is 49.0 Å². The summed E-state index contributed by atoms with van der Waals surface area (Å²) in [6.45, 7) is 5.51. The van der Waals surface area contributed by atoms with Crippen LogP contribution < -0.4 is 20.7 Å². The molecule has 13 nitrogen and oxygen atoms in total. The van der Waals surface area contributed by atoms with Gasteiger partial charge in [-0.25, -0.2) is 9.78 Å². The molecule has 50 heavy (non-hydrogen) atoms. The standard InChI is InChI=1S/C37H47N7O6/c1-27(29-8-6-11-32(25-29)50-23-4-2-3-20-48-21-7-22-49-26-33(45)46)40-35(47)30-9-5-10-31(24-30)42-37(14-18-39-19-15-37)36-41-34(43-44-36)28-12-16-38-17-13-28/h5-6,8-13,16-17,24-25,27,39,42H,2-4,7,14-15,18-23,26H2,1H3,(H,40,47)(H,45,46)(H,41,43,44)/t27-/m0/s1. The number of unbranched alkanes of at least 4 members (excludes halogenated alkanes) is 2. The molecule has 1 fully saturated rings. The van der Waals surface area contributed by atoms with Crippen LogP contribution in [-0.2, 0) is 19.8 Å². The lowest BCUT2D eigenvalue weighted by atomic mass is 9.87. The van der Waals surface area contributed by atoms with E-state index in [0.717, 1.165) is 73.6 Å². The molecule has 0 bridgehead atoms. The van der Waals surface area contributed by atoms with Gasteiger partial charge in [0.2, 0.25) is 0 Å². The predicted octanol–water partition coefficient (Wildman–Crippen LogP) is 5.11. The fraction of sp³-hybridized carbons (Fsp3) is 0.432. The fourth-order valence-corrected chi connectivity index (χ4v) is 5.83. The third-order valence-electron chi connectivity index (χ3n) is 8.55. The zero-order chi connectivity index (χ0) is 35.0. The molecule has 1 amide bonds. The van der Waals surface area contributed by atoms with Gasteiger partial charge in [0.05, 0.1) is 18.2 Å². The van der Waals surface area contributed by atoms with Gasteiger partial charge in [0.25, 0.3) is 5.91 Å². The number of pyridine rings is 1. The molecular formula is C37H47N7O6. The number of carboxylic acid groups (broad SMARTS) is 1. The van der Waals surface area contributed by atoms with Crippen LogP contribution in [0, 0.1) is 0 Å². The number of H-pyrrole nitrogens is 1. The molecule has 5 N–H and O–H groups in total. The molecule has 5 rings (SSSR count). The molecule has 2 aromatic heterocycles. The summed E-state index contributed by atoms with van der Waals surface area (Å²) >= 11 is 0. The van der Waals surface area contributed by atoms with Crippen molar-refractivity contribution in [2.24, 2.45) is 0 Å². The van der Waals surface area contributed by atoms with Gasteiger partial charge in [0.1, 0.15) is 12.4 Å². The molecule has 0 spiro atoms. The van der Waals surface area contributed by atoms with E-state index in [1.54, 1.807) is 12.4 Å². The van der Waals surface area contributed by atoms with Gasteiger partial charge >= 0.3 is 5.97 Å². The molecule has 0 saturated carbocycles. The highest BCUT2D eigenvalue weighted by Gasteiger charge is 2.37. The highest BCUT2D eigenvalue weighted by Crippen LogP contribution is 2.34. The molecule has 0 unspecified atom stereocenters. The number of anilines is 1. The minimum absolute atomic E-state index is 0.165. The van der Waals surface area contributed by atoms with E-state index >= 15 is 0 Å². The first-order chi connectivity index (χ1) is 24.4. The van der Waals surface area contributed by atoms with E-state index in [-0.39, 0.29) is 18.6 Å². The topological polar surface area (TPSA) is 173 Å². The number of piperidine rings is 1. The maximum Gasteiger partial charge on any atom is 0.329 e. The Hall–Kier alpha value is -4.85. The van der Waals surface area contributed by atoms with E-state index in [1.807, 2.05) is 67.6 Å². The molecule has 1 saturated heterocycles. The number of nitrogens with one attached hydrogen (secondary N) is 4. The molecule has 266 valence electrons. The Morgan fingerprint density at radius 3 is 2.50 bits per heavy atom. The monoisotopic (exact) mass is 685 g/mol. The summed E-state index contributed by atoms with van der Waals surface area (Å²) in [4.78, 5) is 32.8. The number of hydrogen-bond acceptors (Lipinski definition) is 10. The van der Waals surface area contributed by atoms with Gasteiger partial charge in [-0.1, -0.05) is 18.2 Å². The van der Waals surface area contributed by atoms with Crippen molar-refractivity contribution in [2.45, 2.75) is 57.0 Å². The van der Waals surface area contributed by atoms with Crippen LogP contribution in [0.1, 0.15) is 73.2 Å². The van der Waals surface area contributed by atoms with E-state index < -0.39 is 11.5 Å². The molecular weight excluding hydrogens is 638 g/mol. The quantitative estimate of drug-likeness (QED) is 0.0783. The first-order valence-corrected chi connectivity index (χ1v) is 17.2. The Balaban J connectivity index is 1.09. The normalized spacial score (nSPS) is 14.5. The van der Waals surface area contributed by atoms with Crippen LogP contribution in [0.2, 0.25) is 0 Å². The maximum atomic E-state index is 13.4. The number of carbonyl (C=O) groups is 2. The number of carbonyl (C=O) groups excluding carboxylic acids is 1. The second-order valence-electron chi connectivity index (χ2n) is 12.4. The summed E-state index contributed by atoms with van der Waals surface area (Å²) in [5.74, 6) is 1.02. The van der Waals surface area contributed by atoms with Crippen LogP contribution in [0.15, 0.2) is 73.1 Å². The van der Waals surface area contributed by atoms with E-state index in [0.29, 0.717) is 44.2 Å². The average molecular weight is 686 g/mol. The number of benzene rings is 2. The van der Waals surface area contributed by atoms with Crippen LogP contribution in [0.3, 0.4) is 0 Å². The third kappa shape index (κ3) is 10.8. The lowest BCUT2D eigenvalue weighted by Gasteiger charge is -2.37. The summed E-state index contributed by atoms with van der Waals surface area (Å²) < 4.78 is 16.6. The number of aliphatic carboxylic acids is 1. The second-order valence-corrected chi connectivity index (χ2v) is 12.4. The van der Waals surface area contributed by atoms with Crippen molar-refractivity contribution in [3.8, 4) is 17.1 Å². The van der Waals surface area contributed by atoms with Crippen LogP contribution in [0.4, 0.5) is 5.69 Å². The summed E-state index contributed by atoms with van der Waals surface area (Å²) in [7, 11) is 0. The SMILES string of the molecule is C[C@H](NC(=O)c1cccc(NC2(c3nc(-c4ccncc4)n[nH]3)CCNCC2)c1)c1cccc(OCCCCCOCCCOCC(=O)O)c1. The molecule has 0 aliphatic carbocycles. The molecule has 1 atom stereocenters. The molecule has 1 aliphatic heterocycles. The number of carboxylic acids is 1. The van der Waals surface area contributed by atoms with E-state index in [2.05, 4.69) is 31.1 Å². The van der Waals surface area contributed by atoms with Crippen LogP contribution in [-0.4, -0.2) is 83.3 Å². The molecule has 0 radical (unpaired) electrons. The van der Waals surface area contributed by atoms with Gasteiger partial charge < -0.3 is 35.3 Å². The van der Waals surface area contributed by atoms with E-state index in [9.17, 15) is 9.59 Å². The number of ether oxygens (including phenoxy) is 3. The first-order valence-electron chi connectivity index (χ1n) is 17.2. The lowest BCUT2D eigenvalue weighted by Crippen LogP contribution is -2.46. The average Bonchev–Trinajstić information content (AvgIpc) is 3.65. The van der Waals surface area contributed by atoms with Gasteiger partial charge in [0.15, 0.2) is 11.6 Å². The fourth-order valence-electron chi connectivity index (χ4n) is 5.83. The summed E-state index contributed by atoms with van der Waals surface area (Å²) in [5, 5.41) is 26.5. The molecule has 4 aromatic rings. The number of rotatable bonds is 20. The van der Waals surface area contributed by atoms with E-state index in [4.69, 9.17) is 24.3 Å². The van der Waals surface area contributed by atoms with Crippen molar-refractivity contribution >= 4 is 17.6 Å². The van der Waals surface area contributed by atoms with Crippen molar-refractivity contribution in [2.75, 3.05) is 51.4 Å². The van der Waals surface area contributed by atoms with Crippen LogP contribution in [0.25, 0.3) is 11.4 Å².